The number of thiocarbonyl (C=S) groups is 1. The molecule has 30 heavy (non-hydrogen) atoms. The number of nitrogens with zero attached hydrogens (tertiary/aromatic N) is 1. The van der Waals surface area contributed by atoms with E-state index in [2.05, 4.69) is 50.4 Å². The summed E-state index contributed by atoms with van der Waals surface area (Å²) in [6.45, 7) is 4.00. The first-order valence-corrected chi connectivity index (χ1v) is 10.9. The average Bonchev–Trinajstić information content (AvgIpc) is 2.77. The van der Waals surface area contributed by atoms with Crippen LogP contribution in [0.4, 0.5) is 5.69 Å². The summed E-state index contributed by atoms with van der Waals surface area (Å²) in [7, 11) is 1.67. The number of benzene rings is 3. The molecule has 0 atom stereocenters. The predicted octanol–water partition coefficient (Wildman–Crippen LogP) is 6.26. The maximum Gasteiger partial charge on any atom is 0.174 e. The first-order valence-electron chi connectivity index (χ1n) is 9.73. The van der Waals surface area contributed by atoms with Crippen LogP contribution in [0.1, 0.15) is 18.1 Å². The number of nitrogens with one attached hydrogen (secondary N) is 1. The Hall–Kier alpha value is -2.57. The van der Waals surface area contributed by atoms with Crippen LogP contribution in [0.2, 0.25) is 0 Å². The van der Waals surface area contributed by atoms with Crippen molar-refractivity contribution in [1.82, 2.24) is 4.90 Å². The molecule has 0 fully saturated rings. The Morgan fingerprint density at radius 2 is 1.40 bits per heavy atom. The van der Waals surface area contributed by atoms with Crippen LogP contribution in [-0.2, 0) is 13.1 Å². The third-order valence-electron chi connectivity index (χ3n) is 4.52. The number of hydrogen-bond donors (Lipinski definition) is 1. The highest BCUT2D eigenvalue weighted by atomic mass is 79.9. The molecule has 0 amide bonds. The summed E-state index contributed by atoms with van der Waals surface area (Å²) in [6.07, 6.45) is 0. The molecule has 3 aromatic rings. The Morgan fingerprint density at radius 3 is 1.93 bits per heavy atom. The van der Waals surface area contributed by atoms with E-state index in [-0.39, 0.29) is 0 Å². The van der Waals surface area contributed by atoms with Gasteiger partial charge in [-0.05, 0) is 78.8 Å². The van der Waals surface area contributed by atoms with Gasteiger partial charge in [-0.25, -0.2) is 0 Å². The van der Waals surface area contributed by atoms with E-state index in [4.69, 9.17) is 21.7 Å². The minimum absolute atomic E-state index is 0.647. The second kappa shape index (κ2) is 11.0. The summed E-state index contributed by atoms with van der Waals surface area (Å²) in [5, 5.41) is 4.02. The quantitative estimate of drug-likeness (QED) is 0.381. The summed E-state index contributed by atoms with van der Waals surface area (Å²) in [6, 6.07) is 24.2. The monoisotopic (exact) mass is 484 g/mol. The largest absolute Gasteiger partial charge is 0.497 e. The molecule has 1 N–H and O–H groups in total. The van der Waals surface area contributed by atoms with Crippen molar-refractivity contribution in [3.63, 3.8) is 0 Å². The van der Waals surface area contributed by atoms with Crippen LogP contribution in [-0.4, -0.2) is 23.7 Å². The third-order valence-corrected chi connectivity index (χ3v) is 5.41. The summed E-state index contributed by atoms with van der Waals surface area (Å²) in [5.41, 5.74) is 3.27. The van der Waals surface area contributed by atoms with Crippen LogP contribution in [0.15, 0.2) is 77.3 Å². The van der Waals surface area contributed by atoms with E-state index in [9.17, 15) is 0 Å². The maximum absolute atomic E-state index is 5.76. The van der Waals surface area contributed by atoms with Crippen molar-refractivity contribution in [2.75, 3.05) is 19.0 Å². The molecule has 0 bridgehead atoms. The molecular formula is C24H25BrN2O2S. The minimum atomic E-state index is 0.647. The normalized spacial score (nSPS) is 10.4. The van der Waals surface area contributed by atoms with Gasteiger partial charge in [0, 0.05) is 23.2 Å². The number of hydrogen-bond acceptors (Lipinski definition) is 3. The van der Waals surface area contributed by atoms with Gasteiger partial charge in [-0.3, -0.25) is 0 Å². The Kier molecular flexibility index (Phi) is 8.11. The van der Waals surface area contributed by atoms with Gasteiger partial charge in [0.25, 0.3) is 0 Å². The lowest BCUT2D eigenvalue weighted by atomic mass is 10.1. The molecule has 0 radical (unpaired) electrons. The molecule has 0 unspecified atom stereocenters. The minimum Gasteiger partial charge on any atom is -0.497 e. The number of rotatable bonds is 8. The number of ether oxygens (including phenoxy) is 2. The average molecular weight is 485 g/mol. The molecular weight excluding hydrogens is 460 g/mol. The lowest BCUT2D eigenvalue weighted by Gasteiger charge is -2.26. The van der Waals surface area contributed by atoms with Crippen molar-refractivity contribution in [2.45, 2.75) is 20.0 Å². The predicted molar refractivity (Wildman–Crippen MR) is 130 cm³/mol. The first-order chi connectivity index (χ1) is 14.6. The van der Waals surface area contributed by atoms with Crippen molar-refractivity contribution in [3.05, 3.63) is 88.4 Å². The van der Waals surface area contributed by atoms with Crippen LogP contribution in [0.3, 0.4) is 0 Å². The number of anilines is 1. The third kappa shape index (κ3) is 6.47. The van der Waals surface area contributed by atoms with Crippen molar-refractivity contribution in [2.24, 2.45) is 0 Å². The summed E-state index contributed by atoms with van der Waals surface area (Å²) >= 11 is 9.26. The summed E-state index contributed by atoms with van der Waals surface area (Å²) in [4.78, 5) is 2.15. The molecule has 3 rings (SSSR count). The molecule has 0 aliphatic carbocycles. The van der Waals surface area contributed by atoms with Crippen molar-refractivity contribution in [3.8, 4) is 11.5 Å². The second-order valence-electron chi connectivity index (χ2n) is 6.72. The Balaban J connectivity index is 1.75. The number of methoxy groups -OCH3 is 1. The van der Waals surface area contributed by atoms with Gasteiger partial charge < -0.3 is 19.7 Å². The van der Waals surface area contributed by atoms with Crippen LogP contribution in [0.5, 0.6) is 11.5 Å². The fourth-order valence-electron chi connectivity index (χ4n) is 2.96. The molecule has 0 saturated carbocycles. The zero-order valence-electron chi connectivity index (χ0n) is 17.1. The molecule has 0 aliphatic rings. The highest BCUT2D eigenvalue weighted by Gasteiger charge is 2.12. The fourth-order valence-corrected chi connectivity index (χ4v) is 3.48. The van der Waals surface area contributed by atoms with E-state index >= 15 is 0 Å². The van der Waals surface area contributed by atoms with Gasteiger partial charge in [0.15, 0.2) is 5.11 Å². The highest BCUT2D eigenvalue weighted by Crippen LogP contribution is 2.19. The zero-order valence-corrected chi connectivity index (χ0v) is 19.5. The van der Waals surface area contributed by atoms with Gasteiger partial charge in [0.2, 0.25) is 0 Å². The zero-order chi connectivity index (χ0) is 21.3. The summed E-state index contributed by atoms with van der Waals surface area (Å²) < 4.78 is 11.8. The Labute approximate surface area is 191 Å². The maximum atomic E-state index is 5.76. The SMILES string of the molecule is CCOc1ccc(NC(=S)N(Cc2ccc(Br)cc2)Cc2ccc(OC)cc2)cc1. The van der Waals surface area contributed by atoms with Gasteiger partial charge in [0.05, 0.1) is 13.7 Å². The Morgan fingerprint density at radius 1 is 0.867 bits per heavy atom. The van der Waals surface area contributed by atoms with Crippen LogP contribution < -0.4 is 14.8 Å². The van der Waals surface area contributed by atoms with E-state index in [1.54, 1.807) is 7.11 Å². The van der Waals surface area contributed by atoms with Gasteiger partial charge in [-0.1, -0.05) is 40.2 Å². The van der Waals surface area contributed by atoms with Crippen LogP contribution in [0.25, 0.3) is 0 Å². The lowest BCUT2D eigenvalue weighted by Crippen LogP contribution is -2.33. The van der Waals surface area contributed by atoms with E-state index in [0.29, 0.717) is 24.8 Å². The molecule has 3 aromatic carbocycles. The standard InChI is InChI=1S/C24H25BrN2O2S/c1-3-29-23-14-10-21(11-15-23)26-24(30)27(16-18-4-8-20(25)9-5-18)17-19-6-12-22(28-2)13-7-19/h4-15H,3,16-17H2,1-2H3,(H,26,30). The van der Waals surface area contributed by atoms with Crippen LogP contribution >= 0.6 is 28.1 Å². The first kappa shape index (κ1) is 22.1. The topological polar surface area (TPSA) is 33.7 Å². The van der Waals surface area contributed by atoms with E-state index < -0.39 is 0 Å². The van der Waals surface area contributed by atoms with E-state index in [0.717, 1.165) is 27.2 Å². The molecule has 4 nitrogen and oxygen atoms in total. The van der Waals surface area contributed by atoms with Gasteiger partial charge >= 0.3 is 0 Å². The molecule has 0 heterocycles. The van der Waals surface area contributed by atoms with Crippen molar-refractivity contribution >= 4 is 38.9 Å². The smallest absolute Gasteiger partial charge is 0.174 e. The summed E-state index contributed by atoms with van der Waals surface area (Å²) in [5.74, 6) is 1.69. The van der Waals surface area contributed by atoms with Gasteiger partial charge in [-0.2, -0.15) is 0 Å². The number of halogens is 1. The molecule has 0 saturated heterocycles. The van der Waals surface area contributed by atoms with Gasteiger partial charge in [-0.15, -0.1) is 0 Å². The molecule has 156 valence electrons. The van der Waals surface area contributed by atoms with Crippen LogP contribution in [0, 0.1) is 0 Å². The van der Waals surface area contributed by atoms with E-state index in [1.165, 1.54) is 5.56 Å². The van der Waals surface area contributed by atoms with Crippen molar-refractivity contribution < 1.29 is 9.47 Å². The molecule has 0 spiro atoms. The lowest BCUT2D eigenvalue weighted by molar-refractivity contribution is 0.340. The molecule has 6 heteroatoms. The van der Waals surface area contributed by atoms with Crippen molar-refractivity contribution in [1.29, 1.82) is 0 Å². The molecule has 0 aromatic heterocycles. The van der Waals surface area contributed by atoms with Gasteiger partial charge in [0.1, 0.15) is 11.5 Å². The fraction of sp³-hybridized carbons (Fsp3) is 0.208. The Bertz CT molecular complexity index is 944. The van der Waals surface area contributed by atoms with E-state index in [1.807, 2.05) is 55.5 Å². The second-order valence-corrected chi connectivity index (χ2v) is 8.02. The molecule has 0 aliphatic heterocycles. The highest BCUT2D eigenvalue weighted by molar-refractivity contribution is 9.10.